The molecule has 1 atom stereocenters. The molecule has 19 heavy (non-hydrogen) atoms. The summed E-state index contributed by atoms with van der Waals surface area (Å²) >= 11 is 0. The Bertz CT molecular complexity index is 489. The van der Waals surface area contributed by atoms with E-state index in [0.717, 1.165) is 25.3 Å². The third-order valence-electron chi connectivity index (χ3n) is 2.54. The summed E-state index contributed by atoms with van der Waals surface area (Å²) in [5.41, 5.74) is 1.01. The number of hydrogen-bond acceptors (Lipinski definition) is 5. The number of nitrogens with two attached hydrogens (primary N) is 1. The Labute approximate surface area is 106 Å². The van der Waals surface area contributed by atoms with Gasteiger partial charge in [0.05, 0.1) is 19.9 Å². The fourth-order valence-corrected chi connectivity index (χ4v) is 1.48. The number of ether oxygens (including phenoxy) is 2. The van der Waals surface area contributed by atoms with E-state index < -0.39 is 23.3 Å². The van der Waals surface area contributed by atoms with Crippen LogP contribution < -0.4 is 10.5 Å². The molecule has 0 radical (unpaired) electrons. The lowest BCUT2D eigenvalue weighted by Gasteiger charge is -2.28. The highest BCUT2D eigenvalue weighted by molar-refractivity contribution is 5.82. The molecule has 0 aromatic heterocycles. The molecule has 5 nitrogen and oxygen atoms in total. The Morgan fingerprint density at radius 2 is 1.89 bits per heavy atom. The molecule has 3 N–H and O–H groups in total. The van der Waals surface area contributed by atoms with Crippen LogP contribution in [0.4, 0.5) is 18.9 Å². The molecule has 1 aromatic carbocycles. The summed E-state index contributed by atoms with van der Waals surface area (Å²) in [7, 11) is 1.94. The number of nitrogen functional groups attached to an aromatic ring is 1. The van der Waals surface area contributed by atoms with Crippen LogP contribution in [0.3, 0.4) is 0 Å². The first-order valence-corrected chi connectivity index (χ1v) is 5.00. The topological polar surface area (TPSA) is 81.8 Å². The molecule has 0 fully saturated rings. The highest BCUT2D eigenvalue weighted by Gasteiger charge is 2.62. The van der Waals surface area contributed by atoms with Crippen LogP contribution in [0.5, 0.6) is 5.75 Å². The molecule has 0 heterocycles. The summed E-state index contributed by atoms with van der Waals surface area (Å²) < 4.78 is 47.6. The van der Waals surface area contributed by atoms with Crippen LogP contribution in [-0.4, -0.2) is 31.5 Å². The average molecular weight is 279 g/mol. The van der Waals surface area contributed by atoms with Crippen molar-refractivity contribution >= 4 is 11.7 Å². The first kappa shape index (κ1) is 15.1. The van der Waals surface area contributed by atoms with Gasteiger partial charge in [-0.2, -0.15) is 13.2 Å². The van der Waals surface area contributed by atoms with E-state index in [0.29, 0.717) is 0 Å². The van der Waals surface area contributed by atoms with Crippen LogP contribution in [0.25, 0.3) is 0 Å². The highest BCUT2D eigenvalue weighted by Crippen LogP contribution is 2.41. The van der Waals surface area contributed by atoms with E-state index in [9.17, 15) is 23.1 Å². The molecule has 0 amide bonds. The van der Waals surface area contributed by atoms with Gasteiger partial charge in [0.15, 0.2) is 0 Å². The minimum atomic E-state index is -5.25. The van der Waals surface area contributed by atoms with Crippen molar-refractivity contribution in [1.29, 1.82) is 0 Å². The zero-order valence-corrected chi connectivity index (χ0v) is 10.1. The molecule has 0 aliphatic heterocycles. The lowest BCUT2D eigenvalue weighted by molar-refractivity contribution is -0.266. The van der Waals surface area contributed by atoms with Crippen LogP contribution >= 0.6 is 0 Å². The van der Waals surface area contributed by atoms with Gasteiger partial charge in [0.25, 0.3) is 5.60 Å². The maximum Gasteiger partial charge on any atom is 0.432 e. The number of rotatable bonds is 3. The summed E-state index contributed by atoms with van der Waals surface area (Å²) in [6.45, 7) is 0. The lowest BCUT2D eigenvalue weighted by Crippen LogP contribution is -2.49. The number of halogens is 3. The van der Waals surface area contributed by atoms with Gasteiger partial charge < -0.3 is 20.3 Å². The van der Waals surface area contributed by atoms with Crippen molar-refractivity contribution in [1.82, 2.24) is 0 Å². The number of methoxy groups -OCH3 is 2. The van der Waals surface area contributed by atoms with Crippen molar-refractivity contribution in [3.05, 3.63) is 23.8 Å². The van der Waals surface area contributed by atoms with Crippen LogP contribution in [-0.2, 0) is 15.1 Å². The molecule has 1 aromatic rings. The normalized spacial score (nSPS) is 14.6. The Kier molecular flexibility index (Phi) is 3.94. The molecule has 0 aliphatic carbocycles. The lowest BCUT2D eigenvalue weighted by atomic mass is 9.92. The highest BCUT2D eigenvalue weighted by atomic mass is 19.4. The first-order valence-electron chi connectivity index (χ1n) is 5.00. The SMILES string of the molecule is COC(=O)C(O)(c1ccc(N)c(OC)c1)C(F)(F)F. The van der Waals surface area contributed by atoms with Crippen molar-refractivity contribution < 1.29 is 32.5 Å². The zero-order valence-electron chi connectivity index (χ0n) is 10.1. The van der Waals surface area contributed by atoms with Gasteiger partial charge in [-0.1, -0.05) is 6.07 Å². The van der Waals surface area contributed by atoms with Crippen molar-refractivity contribution in [2.75, 3.05) is 20.0 Å². The Balaban J connectivity index is 3.47. The predicted octanol–water partition coefficient (Wildman–Crippen LogP) is 1.20. The first-order chi connectivity index (χ1) is 8.68. The quantitative estimate of drug-likeness (QED) is 0.642. The van der Waals surface area contributed by atoms with E-state index in [1.807, 2.05) is 0 Å². The van der Waals surface area contributed by atoms with E-state index >= 15 is 0 Å². The largest absolute Gasteiger partial charge is 0.495 e. The minimum absolute atomic E-state index is 0.0700. The van der Waals surface area contributed by atoms with Gasteiger partial charge in [0.2, 0.25) is 0 Å². The second-order valence-electron chi connectivity index (χ2n) is 3.66. The van der Waals surface area contributed by atoms with Gasteiger partial charge in [-0.25, -0.2) is 4.79 Å². The van der Waals surface area contributed by atoms with E-state index in [2.05, 4.69) is 4.74 Å². The van der Waals surface area contributed by atoms with Crippen LogP contribution in [0.2, 0.25) is 0 Å². The zero-order chi connectivity index (χ0) is 14.8. The number of alkyl halides is 3. The number of anilines is 1. The molecule has 1 rings (SSSR count). The summed E-state index contributed by atoms with van der Waals surface area (Å²) in [4.78, 5) is 11.3. The number of hydrogen-bond donors (Lipinski definition) is 2. The number of carbonyl (C=O) groups excluding carboxylic acids is 1. The molecule has 0 spiro atoms. The Morgan fingerprint density at radius 1 is 1.32 bits per heavy atom. The third-order valence-corrected chi connectivity index (χ3v) is 2.54. The van der Waals surface area contributed by atoms with Gasteiger partial charge in [-0.3, -0.25) is 0 Å². The number of esters is 1. The maximum absolute atomic E-state index is 12.9. The molecule has 0 bridgehead atoms. The predicted molar refractivity (Wildman–Crippen MR) is 59.4 cm³/mol. The second kappa shape index (κ2) is 4.96. The van der Waals surface area contributed by atoms with E-state index in [4.69, 9.17) is 10.5 Å². The Hall–Kier alpha value is -1.96. The van der Waals surface area contributed by atoms with Gasteiger partial charge in [-0.15, -0.1) is 0 Å². The van der Waals surface area contributed by atoms with Crippen LogP contribution in [0.15, 0.2) is 18.2 Å². The standard InChI is InChI=1S/C11H12F3NO4/c1-18-8-5-6(3-4-7(8)15)10(17,9(16)19-2)11(12,13)14/h3-5,17H,15H2,1-2H3. The fraction of sp³-hybridized carbons (Fsp3) is 0.364. The summed E-state index contributed by atoms with van der Waals surface area (Å²) in [5.74, 6) is -1.93. The van der Waals surface area contributed by atoms with Crippen molar-refractivity contribution in [3.8, 4) is 5.75 Å². The van der Waals surface area contributed by atoms with Crippen molar-refractivity contribution in [3.63, 3.8) is 0 Å². The minimum Gasteiger partial charge on any atom is -0.495 e. The molecule has 0 saturated heterocycles. The number of benzene rings is 1. The number of aliphatic hydroxyl groups is 1. The fourth-order valence-electron chi connectivity index (χ4n) is 1.48. The molecule has 8 heteroatoms. The maximum atomic E-state index is 12.9. The van der Waals surface area contributed by atoms with Gasteiger partial charge in [0.1, 0.15) is 5.75 Å². The average Bonchev–Trinajstić information content (AvgIpc) is 2.36. The number of carbonyl (C=O) groups is 1. The monoisotopic (exact) mass is 279 g/mol. The Morgan fingerprint density at radius 3 is 2.32 bits per heavy atom. The second-order valence-corrected chi connectivity index (χ2v) is 3.66. The summed E-state index contributed by atoms with van der Waals surface area (Å²) in [6, 6.07) is 2.80. The van der Waals surface area contributed by atoms with E-state index in [1.165, 1.54) is 7.11 Å². The molecular weight excluding hydrogens is 267 g/mol. The molecule has 0 saturated carbocycles. The van der Waals surface area contributed by atoms with Gasteiger partial charge in [0, 0.05) is 5.56 Å². The molecule has 106 valence electrons. The van der Waals surface area contributed by atoms with E-state index in [-0.39, 0.29) is 11.4 Å². The van der Waals surface area contributed by atoms with Gasteiger partial charge >= 0.3 is 12.1 Å². The van der Waals surface area contributed by atoms with Crippen LogP contribution in [0, 0.1) is 0 Å². The third kappa shape index (κ3) is 2.43. The molecule has 1 unspecified atom stereocenters. The van der Waals surface area contributed by atoms with Crippen LogP contribution in [0.1, 0.15) is 5.56 Å². The smallest absolute Gasteiger partial charge is 0.432 e. The molecule has 0 aliphatic rings. The summed E-state index contributed by atoms with van der Waals surface area (Å²) in [6.07, 6.45) is -5.25. The van der Waals surface area contributed by atoms with Gasteiger partial charge in [-0.05, 0) is 12.1 Å². The van der Waals surface area contributed by atoms with Crippen molar-refractivity contribution in [2.45, 2.75) is 11.8 Å². The van der Waals surface area contributed by atoms with Crippen molar-refractivity contribution in [2.24, 2.45) is 0 Å². The molecular formula is C11H12F3NO4. The summed E-state index contributed by atoms with van der Waals surface area (Å²) in [5, 5.41) is 9.70. The van der Waals surface area contributed by atoms with E-state index in [1.54, 1.807) is 0 Å².